The number of para-hydroxylation sites is 1. The van der Waals surface area contributed by atoms with E-state index in [4.69, 9.17) is 32.7 Å². The molecule has 0 aromatic heterocycles. The monoisotopic (exact) mass is 541 g/mol. The van der Waals surface area contributed by atoms with Gasteiger partial charge in [-0.15, -0.1) is 0 Å². The number of hydrogen-bond donors (Lipinski definition) is 2. The van der Waals surface area contributed by atoms with Gasteiger partial charge in [0.15, 0.2) is 23.3 Å². The Hall–Kier alpha value is -3.46. The van der Waals surface area contributed by atoms with Crippen LogP contribution in [-0.4, -0.2) is 30.2 Å². The number of amides is 2. The minimum Gasteiger partial charge on any atom is -0.490 e. The molecular formula is C26H21Cl2N3O4S. The summed E-state index contributed by atoms with van der Waals surface area (Å²) in [5.74, 6) is 0.257. The van der Waals surface area contributed by atoms with Crippen molar-refractivity contribution in [1.82, 2.24) is 5.32 Å². The lowest BCUT2D eigenvalue weighted by Crippen LogP contribution is -2.20. The molecule has 0 spiro atoms. The first-order chi connectivity index (χ1) is 17.4. The molecule has 0 aliphatic carbocycles. The van der Waals surface area contributed by atoms with Crippen LogP contribution in [0.1, 0.15) is 12.5 Å². The Labute approximate surface area is 222 Å². The van der Waals surface area contributed by atoms with Crippen LogP contribution in [0, 0.1) is 0 Å². The first-order valence-electron chi connectivity index (χ1n) is 10.9. The van der Waals surface area contributed by atoms with Gasteiger partial charge in [0.05, 0.1) is 27.2 Å². The van der Waals surface area contributed by atoms with E-state index in [1.807, 2.05) is 37.3 Å². The number of anilines is 1. The number of carbonyl (C=O) groups is 2. The number of rotatable bonds is 8. The van der Waals surface area contributed by atoms with Crippen molar-refractivity contribution >= 4 is 69.4 Å². The Morgan fingerprint density at radius 2 is 1.83 bits per heavy atom. The first kappa shape index (κ1) is 25.6. The quantitative estimate of drug-likeness (QED) is 0.326. The third kappa shape index (κ3) is 6.81. The molecular weight excluding hydrogens is 521 g/mol. The number of thioether (sulfide) groups is 1. The average molecular weight is 542 g/mol. The highest BCUT2D eigenvalue weighted by Gasteiger charge is 2.24. The summed E-state index contributed by atoms with van der Waals surface area (Å²) in [4.78, 5) is 29.7. The summed E-state index contributed by atoms with van der Waals surface area (Å²) in [6.07, 6.45) is 1.75. The number of nitrogens with one attached hydrogen (secondary N) is 2. The van der Waals surface area contributed by atoms with Gasteiger partial charge >= 0.3 is 0 Å². The first-order valence-corrected chi connectivity index (χ1v) is 12.5. The molecule has 0 saturated carbocycles. The third-order valence-corrected chi connectivity index (χ3v) is 6.41. The maximum atomic E-state index is 12.4. The zero-order chi connectivity index (χ0) is 25.5. The van der Waals surface area contributed by atoms with Crippen molar-refractivity contribution in [2.24, 2.45) is 4.99 Å². The van der Waals surface area contributed by atoms with Gasteiger partial charge in [-0.05, 0) is 72.8 Å². The summed E-state index contributed by atoms with van der Waals surface area (Å²) in [7, 11) is 0. The standard InChI is InChI=1S/C26H21Cl2N3O4S/c1-2-34-22-12-16(13-23-25(33)31-26(36-23)30-17-6-4-3-5-7-17)8-11-21(22)35-15-24(32)29-18-9-10-19(27)20(28)14-18/h3-14H,2,15H2,1H3,(H,29,32)(H,30,31,33)/b23-13+. The van der Waals surface area contributed by atoms with Gasteiger partial charge in [-0.3, -0.25) is 9.59 Å². The molecule has 0 atom stereocenters. The fraction of sp³-hybridized carbons (Fsp3) is 0.115. The highest BCUT2D eigenvalue weighted by molar-refractivity contribution is 8.18. The highest BCUT2D eigenvalue weighted by atomic mass is 35.5. The molecule has 36 heavy (non-hydrogen) atoms. The van der Waals surface area contributed by atoms with Crippen LogP contribution >= 0.6 is 35.0 Å². The van der Waals surface area contributed by atoms with Crippen LogP contribution in [0.4, 0.5) is 11.4 Å². The van der Waals surface area contributed by atoms with E-state index >= 15 is 0 Å². The SMILES string of the molecule is CCOc1cc(/C=C2/SC(=Nc3ccccc3)NC2=O)ccc1OCC(=O)Nc1ccc(Cl)c(Cl)c1. The van der Waals surface area contributed by atoms with E-state index in [0.717, 1.165) is 11.3 Å². The summed E-state index contributed by atoms with van der Waals surface area (Å²) in [5.41, 5.74) is 2.00. The van der Waals surface area contributed by atoms with E-state index in [9.17, 15) is 9.59 Å². The third-order valence-electron chi connectivity index (χ3n) is 4.77. The van der Waals surface area contributed by atoms with E-state index in [1.54, 1.807) is 42.5 Å². The summed E-state index contributed by atoms with van der Waals surface area (Å²) >= 11 is 13.1. The zero-order valence-corrected chi connectivity index (χ0v) is 21.4. The predicted molar refractivity (Wildman–Crippen MR) is 145 cm³/mol. The van der Waals surface area contributed by atoms with Crippen molar-refractivity contribution in [2.45, 2.75) is 6.92 Å². The zero-order valence-electron chi connectivity index (χ0n) is 19.1. The molecule has 2 amide bonds. The van der Waals surface area contributed by atoms with E-state index in [-0.39, 0.29) is 18.4 Å². The molecule has 10 heteroatoms. The normalized spacial score (nSPS) is 15.1. The van der Waals surface area contributed by atoms with Crippen molar-refractivity contribution in [3.8, 4) is 11.5 Å². The molecule has 184 valence electrons. The van der Waals surface area contributed by atoms with E-state index in [2.05, 4.69) is 15.6 Å². The van der Waals surface area contributed by atoms with Gasteiger partial charge in [-0.25, -0.2) is 4.99 Å². The van der Waals surface area contributed by atoms with Crippen molar-refractivity contribution in [3.63, 3.8) is 0 Å². The second-order valence-corrected chi connectivity index (χ2v) is 9.27. The molecule has 1 aliphatic heterocycles. The molecule has 3 aromatic carbocycles. The number of nitrogens with zero attached hydrogens (tertiary/aromatic N) is 1. The number of ether oxygens (including phenoxy) is 2. The van der Waals surface area contributed by atoms with Crippen LogP contribution in [-0.2, 0) is 9.59 Å². The topological polar surface area (TPSA) is 89.0 Å². The van der Waals surface area contributed by atoms with Crippen molar-refractivity contribution in [2.75, 3.05) is 18.5 Å². The molecule has 1 fully saturated rings. The summed E-state index contributed by atoms with van der Waals surface area (Å²) in [6.45, 7) is 2.01. The van der Waals surface area contributed by atoms with E-state index in [0.29, 0.717) is 43.9 Å². The largest absolute Gasteiger partial charge is 0.490 e. The molecule has 1 heterocycles. The van der Waals surface area contributed by atoms with Gasteiger partial charge in [0, 0.05) is 5.69 Å². The molecule has 0 radical (unpaired) electrons. The minimum absolute atomic E-state index is 0.230. The van der Waals surface area contributed by atoms with Gasteiger partial charge in [0.1, 0.15) is 0 Å². The van der Waals surface area contributed by atoms with Crippen molar-refractivity contribution in [3.05, 3.63) is 87.2 Å². The minimum atomic E-state index is -0.369. The van der Waals surface area contributed by atoms with Crippen molar-refractivity contribution in [1.29, 1.82) is 0 Å². The van der Waals surface area contributed by atoms with Gasteiger partial charge < -0.3 is 20.1 Å². The second-order valence-electron chi connectivity index (χ2n) is 7.42. The fourth-order valence-electron chi connectivity index (χ4n) is 3.17. The number of benzene rings is 3. The van der Waals surface area contributed by atoms with Gasteiger partial charge in [0.2, 0.25) is 0 Å². The van der Waals surface area contributed by atoms with Crippen LogP contribution in [0.25, 0.3) is 6.08 Å². The molecule has 4 rings (SSSR count). The van der Waals surface area contributed by atoms with Crippen LogP contribution < -0.4 is 20.1 Å². The Balaban J connectivity index is 1.43. The Bertz CT molecular complexity index is 1350. The Kier molecular flexibility index (Phi) is 8.53. The maximum absolute atomic E-state index is 12.4. The smallest absolute Gasteiger partial charge is 0.264 e. The van der Waals surface area contributed by atoms with Crippen LogP contribution in [0.2, 0.25) is 10.0 Å². The molecule has 1 saturated heterocycles. The lowest BCUT2D eigenvalue weighted by molar-refractivity contribution is -0.118. The van der Waals surface area contributed by atoms with Gasteiger partial charge in [-0.2, -0.15) is 0 Å². The molecule has 2 N–H and O–H groups in total. The van der Waals surface area contributed by atoms with E-state index in [1.165, 1.54) is 11.8 Å². The predicted octanol–water partition coefficient (Wildman–Crippen LogP) is 6.30. The van der Waals surface area contributed by atoms with Crippen LogP contribution in [0.15, 0.2) is 76.6 Å². The van der Waals surface area contributed by atoms with Gasteiger partial charge in [0.25, 0.3) is 11.8 Å². The molecule has 0 bridgehead atoms. The average Bonchev–Trinajstić information content (AvgIpc) is 3.20. The molecule has 7 nitrogen and oxygen atoms in total. The maximum Gasteiger partial charge on any atom is 0.264 e. The highest BCUT2D eigenvalue weighted by Crippen LogP contribution is 2.32. The summed E-state index contributed by atoms with van der Waals surface area (Å²) < 4.78 is 11.4. The Morgan fingerprint density at radius 3 is 2.58 bits per heavy atom. The molecule has 1 aliphatic rings. The number of amidine groups is 1. The van der Waals surface area contributed by atoms with Crippen LogP contribution in [0.3, 0.4) is 0 Å². The lowest BCUT2D eigenvalue weighted by atomic mass is 10.2. The van der Waals surface area contributed by atoms with Crippen molar-refractivity contribution < 1.29 is 19.1 Å². The Morgan fingerprint density at radius 1 is 1.03 bits per heavy atom. The number of aliphatic imine (C=N–C) groups is 1. The second kappa shape index (κ2) is 12.0. The number of hydrogen-bond acceptors (Lipinski definition) is 6. The summed E-state index contributed by atoms with van der Waals surface area (Å²) in [6, 6.07) is 19.4. The fourth-order valence-corrected chi connectivity index (χ4v) is 4.31. The molecule has 3 aromatic rings. The number of halogens is 2. The van der Waals surface area contributed by atoms with Gasteiger partial charge in [-0.1, -0.05) is 47.5 Å². The van der Waals surface area contributed by atoms with Crippen LogP contribution in [0.5, 0.6) is 11.5 Å². The summed E-state index contributed by atoms with van der Waals surface area (Å²) in [5, 5.41) is 6.72. The van der Waals surface area contributed by atoms with E-state index < -0.39 is 0 Å². The lowest BCUT2D eigenvalue weighted by Gasteiger charge is -2.13. The molecule has 0 unspecified atom stereocenters. The number of carbonyl (C=O) groups excluding carboxylic acids is 2.